The minimum absolute atomic E-state index is 0.0314. The number of carboxylic acids is 1. The van der Waals surface area contributed by atoms with Gasteiger partial charge < -0.3 is 9.84 Å². The molecule has 0 radical (unpaired) electrons. The van der Waals surface area contributed by atoms with Crippen LogP contribution >= 0.6 is 0 Å². The average Bonchev–Trinajstić information content (AvgIpc) is 2.27. The van der Waals surface area contributed by atoms with Crippen molar-refractivity contribution in [3.8, 4) is 0 Å². The predicted molar refractivity (Wildman–Crippen MR) is 65.5 cm³/mol. The van der Waals surface area contributed by atoms with Crippen molar-refractivity contribution in [1.82, 2.24) is 0 Å². The van der Waals surface area contributed by atoms with Gasteiger partial charge in [-0.25, -0.2) is 0 Å². The summed E-state index contributed by atoms with van der Waals surface area (Å²) in [6.45, 7) is 10.6. The Hall–Kier alpha value is -1.58. The molecule has 1 N–H and O–H groups in total. The molecular formula is C13H20O4. The van der Waals surface area contributed by atoms with Crippen LogP contribution in [-0.2, 0) is 14.3 Å². The van der Waals surface area contributed by atoms with Gasteiger partial charge in [0.25, 0.3) is 0 Å². The predicted octanol–water partition coefficient (Wildman–Crippen LogP) is 2.55. The first-order valence-corrected chi connectivity index (χ1v) is 5.60. The molecule has 0 aromatic heterocycles. The van der Waals surface area contributed by atoms with E-state index in [-0.39, 0.29) is 18.9 Å². The van der Waals surface area contributed by atoms with E-state index >= 15 is 0 Å². The molecule has 0 heterocycles. The van der Waals surface area contributed by atoms with Gasteiger partial charge in [-0.3, -0.25) is 9.59 Å². The van der Waals surface area contributed by atoms with Crippen molar-refractivity contribution in [2.75, 3.05) is 0 Å². The van der Waals surface area contributed by atoms with Crippen molar-refractivity contribution in [2.45, 2.75) is 39.2 Å². The van der Waals surface area contributed by atoms with Crippen molar-refractivity contribution in [1.29, 1.82) is 0 Å². The number of carbonyl (C=O) groups is 2. The maximum atomic E-state index is 12.0. The summed E-state index contributed by atoms with van der Waals surface area (Å²) in [6.07, 6.45) is 3.23. The Morgan fingerprint density at radius 2 is 1.82 bits per heavy atom. The second kappa shape index (κ2) is 6.89. The van der Waals surface area contributed by atoms with Crippen LogP contribution in [0.1, 0.15) is 33.1 Å². The molecule has 1 unspecified atom stereocenters. The molecule has 0 aliphatic rings. The molecule has 96 valence electrons. The van der Waals surface area contributed by atoms with Crippen LogP contribution in [0, 0.1) is 5.41 Å². The van der Waals surface area contributed by atoms with E-state index in [1.54, 1.807) is 6.92 Å². The summed E-state index contributed by atoms with van der Waals surface area (Å²) in [4.78, 5) is 23.3. The number of carbonyl (C=O) groups excluding carboxylic acids is 1. The molecule has 0 saturated carbocycles. The number of allylic oxidation sites excluding steroid dienone is 2. The Bertz CT molecular complexity index is 297. The van der Waals surface area contributed by atoms with E-state index in [1.165, 1.54) is 12.2 Å². The Kier molecular flexibility index (Phi) is 6.25. The summed E-state index contributed by atoms with van der Waals surface area (Å²) in [5.74, 6) is -1.93. The fourth-order valence-electron chi connectivity index (χ4n) is 1.38. The topological polar surface area (TPSA) is 63.6 Å². The standard InChI is InChI=1S/C13H20O4/c1-5-8-13(9-6-2,11(14)15)12(16)17-10(4)7-3/h5-6,10H,1-2,7-9H2,3-4H3,(H,14,15). The number of ether oxygens (including phenoxy) is 1. The van der Waals surface area contributed by atoms with Crippen LogP contribution in [0.4, 0.5) is 0 Å². The van der Waals surface area contributed by atoms with Gasteiger partial charge in [-0.05, 0) is 26.2 Å². The molecule has 0 aliphatic carbocycles. The lowest BCUT2D eigenvalue weighted by molar-refractivity contribution is -0.171. The smallest absolute Gasteiger partial charge is 0.324 e. The second-order valence-electron chi connectivity index (χ2n) is 4.00. The number of carboxylic acid groups (broad SMARTS) is 1. The van der Waals surface area contributed by atoms with E-state index < -0.39 is 17.4 Å². The van der Waals surface area contributed by atoms with Crippen molar-refractivity contribution < 1.29 is 19.4 Å². The lowest BCUT2D eigenvalue weighted by atomic mass is 9.81. The zero-order chi connectivity index (χ0) is 13.5. The zero-order valence-electron chi connectivity index (χ0n) is 10.4. The lowest BCUT2D eigenvalue weighted by Crippen LogP contribution is -2.41. The van der Waals surface area contributed by atoms with Gasteiger partial charge in [0.15, 0.2) is 5.41 Å². The van der Waals surface area contributed by atoms with Gasteiger partial charge in [-0.2, -0.15) is 0 Å². The summed E-state index contributed by atoms with van der Waals surface area (Å²) in [6, 6.07) is 0. The van der Waals surface area contributed by atoms with Crippen molar-refractivity contribution in [2.24, 2.45) is 5.41 Å². The van der Waals surface area contributed by atoms with E-state index in [2.05, 4.69) is 13.2 Å². The number of rotatable bonds is 8. The molecule has 4 heteroatoms. The van der Waals surface area contributed by atoms with Crippen molar-refractivity contribution in [3.63, 3.8) is 0 Å². The van der Waals surface area contributed by atoms with Gasteiger partial charge in [-0.15, -0.1) is 13.2 Å². The average molecular weight is 240 g/mol. The molecular weight excluding hydrogens is 220 g/mol. The SMILES string of the molecule is C=CCC(CC=C)(C(=O)O)C(=O)OC(C)CC. The first-order valence-electron chi connectivity index (χ1n) is 5.60. The normalized spacial score (nSPS) is 12.6. The molecule has 1 atom stereocenters. The number of esters is 1. The van der Waals surface area contributed by atoms with Crippen LogP contribution in [0.5, 0.6) is 0 Å². The molecule has 0 saturated heterocycles. The van der Waals surface area contributed by atoms with Crippen LogP contribution in [0.3, 0.4) is 0 Å². The molecule has 0 aliphatic heterocycles. The van der Waals surface area contributed by atoms with Crippen LogP contribution in [0.15, 0.2) is 25.3 Å². The Balaban J connectivity index is 5.12. The van der Waals surface area contributed by atoms with Gasteiger partial charge >= 0.3 is 11.9 Å². The number of aliphatic carboxylic acids is 1. The third-order valence-electron chi connectivity index (χ3n) is 2.67. The fourth-order valence-corrected chi connectivity index (χ4v) is 1.38. The molecule has 0 aromatic carbocycles. The van der Waals surface area contributed by atoms with Crippen LogP contribution < -0.4 is 0 Å². The molecule has 0 rings (SSSR count). The monoisotopic (exact) mass is 240 g/mol. The molecule has 0 amide bonds. The minimum Gasteiger partial charge on any atom is -0.480 e. The minimum atomic E-state index is -1.59. The van der Waals surface area contributed by atoms with Gasteiger partial charge in [0.05, 0.1) is 6.10 Å². The fraction of sp³-hybridized carbons (Fsp3) is 0.538. The highest BCUT2D eigenvalue weighted by Gasteiger charge is 2.46. The summed E-state index contributed by atoms with van der Waals surface area (Å²) in [5, 5.41) is 9.25. The third-order valence-corrected chi connectivity index (χ3v) is 2.67. The maximum Gasteiger partial charge on any atom is 0.324 e. The van der Waals surface area contributed by atoms with E-state index in [9.17, 15) is 14.7 Å². The highest BCUT2D eigenvalue weighted by atomic mass is 16.5. The molecule has 0 bridgehead atoms. The van der Waals surface area contributed by atoms with Gasteiger partial charge in [0.2, 0.25) is 0 Å². The first kappa shape index (κ1) is 15.4. The van der Waals surface area contributed by atoms with Crippen LogP contribution in [0.2, 0.25) is 0 Å². The molecule has 17 heavy (non-hydrogen) atoms. The third kappa shape index (κ3) is 3.73. The van der Waals surface area contributed by atoms with Gasteiger partial charge in [-0.1, -0.05) is 19.1 Å². The molecule has 0 aromatic rings. The first-order chi connectivity index (χ1) is 7.94. The highest BCUT2D eigenvalue weighted by Crippen LogP contribution is 2.30. The molecule has 0 fully saturated rings. The molecule has 4 nitrogen and oxygen atoms in total. The Morgan fingerprint density at radius 3 is 2.12 bits per heavy atom. The van der Waals surface area contributed by atoms with Crippen LogP contribution in [-0.4, -0.2) is 23.1 Å². The maximum absolute atomic E-state index is 12.0. The summed E-state index contributed by atoms with van der Waals surface area (Å²) in [7, 11) is 0. The van der Waals surface area contributed by atoms with E-state index in [4.69, 9.17) is 4.74 Å². The number of hydrogen-bond acceptors (Lipinski definition) is 3. The van der Waals surface area contributed by atoms with E-state index in [0.29, 0.717) is 6.42 Å². The van der Waals surface area contributed by atoms with Crippen LogP contribution in [0.25, 0.3) is 0 Å². The molecule has 0 spiro atoms. The highest BCUT2D eigenvalue weighted by molar-refractivity contribution is 5.99. The van der Waals surface area contributed by atoms with Gasteiger partial charge in [0, 0.05) is 0 Å². The quantitative estimate of drug-likeness (QED) is 0.402. The lowest BCUT2D eigenvalue weighted by Gasteiger charge is -2.26. The number of hydrogen-bond donors (Lipinski definition) is 1. The Morgan fingerprint density at radius 1 is 1.35 bits per heavy atom. The van der Waals surface area contributed by atoms with Crippen molar-refractivity contribution >= 4 is 11.9 Å². The van der Waals surface area contributed by atoms with Gasteiger partial charge in [0.1, 0.15) is 0 Å². The van der Waals surface area contributed by atoms with E-state index in [1.807, 2.05) is 6.92 Å². The Labute approximate surface area is 102 Å². The van der Waals surface area contributed by atoms with E-state index in [0.717, 1.165) is 0 Å². The van der Waals surface area contributed by atoms with Crippen molar-refractivity contribution in [3.05, 3.63) is 25.3 Å². The zero-order valence-corrected chi connectivity index (χ0v) is 10.4. The summed E-state index contributed by atoms with van der Waals surface area (Å²) < 4.78 is 5.12. The summed E-state index contributed by atoms with van der Waals surface area (Å²) >= 11 is 0. The largest absolute Gasteiger partial charge is 0.480 e. The summed E-state index contributed by atoms with van der Waals surface area (Å²) in [5.41, 5.74) is -1.59. The second-order valence-corrected chi connectivity index (χ2v) is 4.00.